The van der Waals surface area contributed by atoms with Crippen molar-refractivity contribution in [1.82, 2.24) is 15.5 Å². The number of rotatable bonds is 6. The summed E-state index contributed by atoms with van der Waals surface area (Å²) < 4.78 is 10.7. The third-order valence-electron chi connectivity index (χ3n) is 3.25. The van der Waals surface area contributed by atoms with Gasteiger partial charge in [-0.25, -0.2) is 0 Å². The van der Waals surface area contributed by atoms with Gasteiger partial charge in [0, 0.05) is 18.6 Å². The van der Waals surface area contributed by atoms with Crippen LogP contribution >= 0.6 is 0 Å². The monoisotopic (exact) mass is 253 g/mol. The van der Waals surface area contributed by atoms with Gasteiger partial charge < -0.3 is 14.6 Å². The summed E-state index contributed by atoms with van der Waals surface area (Å²) >= 11 is 0. The molecule has 1 unspecified atom stereocenters. The minimum absolute atomic E-state index is 0.300. The second-order valence-electron chi connectivity index (χ2n) is 5.19. The summed E-state index contributed by atoms with van der Waals surface area (Å²) in [6.45, 7) is 6.41. The number of piperidine rings is 1. The van der Waals surface area contributed by atoms with Gasteiger partial charge in [0.15, 0.2) is 5.82 Å². The predicted molar refractivity (Wildman–Crippen MR) is 68.3 cm³/mol. The molecule has 1 aliphatic rings. The summed E-state index contributed by atoms with van der Waals surface area (Å²) in [6, 6.07) is 0.618. The van der Waals surface area contributed by atoms with Gasteiger partial charge in [-0.05, 0) is 25.8 Å². The van der Waals surface area contributed by atoms with Crippen LogP contribution in [-0.2, 0) is 11.3 Å². The summed E-state index contributed by atoms with van der Waals surface area (Å²) in [6.07, 6.45) is 4.96. The molecule has 2 rings (SSSR count). The SMILES string of the molecule is CC(C)c1noc(COCCC2CCCCN2)n1. The van der Waals surface area contributed by atoms with Crippen molar-refractivity contribution in [3.05, 3.63) is 11.7 Å². The molecule has 0 radical (unpaired) electrons. The van der Waals surface area contributed by atoms with Crippen molar-refractivity contribution in [3.63, 3.8) is 0 Å². The van der Waals surface area contributed by atoms with Crippen LogP contribution in [-0.4, -0.2) is 29.3 Å². The maximum Gasteiger partial charge on any atom is 0.252 e. The molecule has 5 nitrogen and oxygen atoms in total. The van der Waals surface area contributed by atoms with Crippen LogP contribution in [0.2, 0.25) is 0 Å². The van der Waals surface area contributed by atoms with Crippen LogP contribution in [0.4, 0.5) is 0 Å². The van der Waals surface area contributed by atoms with E-state index < -0.39 is 0 Å². The van der Waals surface area contributed by atoms with Crippen LogP contribution in [0.1, 0.15) is 57.2 Å². The average molecular weight is 253 g/mol. The molecule has 1 aromatic heterocycles. The maximum absolute atomic E-state index is 5.58. The smallest absolute Gasteiger partial charge is 0.252 e. The molecule has 1 aromatic rings. The van der Waals surface area contributed by atoms with E-state index in [0.29, 0.717) is 24.5 Å². The number of ether oxygens (including phenoxy) is 1. The Labute approximate surface area is 108 Å². The van der Waals surface area contributed by atoms with E-state index in [-0.39, 0.29) is 0 Å². The molecule has 5 heteroatoms. The lowest BCUT2D eigenvalue weighted by Gasteiger charge is -2.22. The third-order valence-corrected chi connectivity index (χ3v) is 3.25. The van der Waals surface area contributed by atoms with E-state index in [1.165, 1.54) is 19.3 Å². The second kappa shape index (κ2) is 6.85. The fourth-order valence-corrected chi connectivity index (χ4v) is 2.12. The fraction of sp³-hybridized carbons (Fsp3) is 0.846. The largest absolute Gasteiger partial charge is 0.372 e. The van der Waals surface area contributed by atoms with Gasteiger partial charge in [0.1, 0.15) is 6.61 Å². The van der Waals surface area contributed by atoms with Crippen molar-refractivity contribution in [2.45, 2.75) is 58.1 Å². The Hall–Kier alpha value is -0.940. The van der Waals surface area contributed by atoms with E-state index in [4.69, 9.17) is 9.26 Å². The number of nitrogens with zero attached hydrogens (tertiary/aromatic N) is 2. The molecule has 0 aromatic carbocycles. The molecule has 1 fully saturated rings. The molecule has 0 aliphatic carbocycles. The Morgan fingerprint density at radius 1 is 1.44 bits per heavy atom. The first-order valence-corrected chi connectivity index (χ1v) is 6.89. The molecule has 0 amide bonds. The molecule has 0 bridgehead atoms. The van der Waals surface area contributed by atoms with E-state index in [0.717, 1.165) is 25.4 Å². The summed E-state index contributed by atoms with van der Waals surface area (Å²) in [5.74, 6) is 1.63. The Balaban J connectivity index is 1.62. The van der Waals surface area contributed by atoms with Crippen molar-refractivity contribution in [1.29, 1.82) is 0 Å². The van der Waals surface area contributed by atoms with Gasteiger partial charge in [-0.3, -0.25) is 0 Å². The van der Waals surface area contributed by atoms with E-state index in [1.54, 1.807) is 0 Å². The zero-order valence-electron chi connectivity index (χ0n) is 11.3. The highest BCUT2D eigenvalue weighted by Crippen LogP contribution is 2.12. The van der Waals surface area contributed by atoms with Gasteiger partial charge in [0.05, 0.1) is 0 Å². The zero-order valence-corrected chi connectivity index (χ0v) is 11.3. The van der Waals surface area contributed by atoms with E-state index in [1.807, 2.05) is 13.8 Å². The molecule has 102 valence electrons. The van der Waals surface area contributed by atoms with Crippen LogP contribution in [0, 0.1) is 0 Å². The van der Waals surface area contributed by atoms with Crippen LogP contribution in [0.5, 0.6) is 0 Å². The highest BCUT2D eigenvalue weighted by Gasteiger charge is 2.13. The van der Waals surface area contributed by atoms with E-state index in [2.05, 4.69) is 15.5 Å². The Kier molecular flexibility index (Phi) is 5.13. The van der Waals surface area contributed by atoms with E-state index in [9.17, 15) is 0 Å². The minimum atomic E-state index is 0.300. The van der Waals surface area contributed by atoms with Crippen molar-refractivity contribution < 1.29 is 9.26 Å². The van der Waals surface area contributed by atoms with E-state index >= 15 is 0 Å². The Bertz CT molecular complexity index is 346. The average Bonchev–Trinajstić information content (AvgIpc) is 2.85. The summed E-state index contributed by atoms with van der Waals surface area (Å²) in [5.41, 5.74) is 0. The van der Waals surface area contributed by atoms with Crippen LogP contribution in [0.25, 0.3) is 0 Å². The summed E-state index contributed by atoms with van der Waals surface area (Å²) in [5, 5.41) is 7.41. The molecular formula is C13H23N3O2. The van der Waals surface area contributed by atoms with Crippen molar-refractivity contribution >= 4 is 0 Å². The van der Waals surface area contributed by atoms with Crippen LogP contribution in [0.3, 0.4) is 0 Å². The van der Waals surface area contributed by atoms with Crippen molar-refractivity contribution in [2.75, 3.05) is 13.2 Å². The van der Waals surface area contributed by atoms with Gasteiger partial charge >= 0.3 is 0 Å². The standard InChI is InChI=1S/C13H23N3O2/c1-10(2)13-15-12(18-16-13)9-17-8-6-11-5-3-4-7-14-11/h10-11,14H,3-9H2,1-2H3. The quantitative estimate of drug-likeness (QED) is 0.788. The molecule has 1 aliphatic heterocycles. The molecule has 0 saturated carbocycles. The lowest BCUT2D eigenvalue weighted by molar-refractivity contribution is 0.0877. The molecule has 1 atom stereocenters. The van der Waals surface area contributed by atoms with Gasteiger partial charge in [-0.1, -0.05) is 25.4 Å². The molecule has 1 saturated heterocycles. The fourth-order valence-electron chi connectivity index (χ4n) is 2.12. The molecular weight excluding hydrogens is 230 g/mol. The third kappa shape index (κ3) is 4.07. The van der Waals surface area contributed by atoms with Gasteiger partial charge in [-0.2, -0.15) is 4.98 Å². The van der Waals surface area contributed by atoms with Crippen LogP contribution in [0.15, 0.2) is 4.52 Å². The minimum Gasteiger partial charge on any atom is -0.372 e. The molecule has 1 N–H and O–H groups in total. The number of hydrogen-bond acceptors (Lipinski definition) is 5. The number of nitrogens with one attached hydrogen (secondary N) is 1. The Morgan fingerprint density at radius 2 is 2.33 bits per heavy atom. The number of hydrogen-bond donors (Lipinski definition) is 1. The summed E-state index contributed by atoms with van der Waals surface area (Å²) in [7, 11) is 0. The Morgan fingerprint density at radius 3 is 3.00 bits per heavy atom. The van der Waals surface area contributed by atoms with Crippen LogP contribution < -0.4 is 5.32 Å². The predicted octanol–water partition coefficient (Wildman–Crippen LogP) is 2.24. The zero-order chi connectivity index (χ0) is 12.8. The summed E-state index contributed by atoms with van der Waals surface area (Å²) in [4.78, 5) is 4.28. The first kappa shape index (κ1) is 13.5. The van der Waals surface area contributed by atoms with Crippen molar-refractivity contribution in [3.8, 4) is 0 Å². The first-order chi connectivity index (χ1) is 8.75. The lowest BCUT2D eigenvalue weighted by atomic mass is 10.0. The van der Waals surface area contributed by atoms with Gasteiger partial charge in [0.2, 0.25) is 0 Å². The highest BCUT2D eigenvalue weighted by atomic mass is 16.5. The second-order valence-corrected chi connectivity index (χ2v) is 5.19. The molecule has 18 heavy (non-hydrogen) atoms. The number of aromatic nitrogens is 2. The first-order valence-electron chi connectivity index (χ1n) is 6.89. The highest BCUT2D eigenvalue weighted by molar-refractivity contribution is 4.90. The molecule has 0 spiro atoms. The van der Waals surface area contributed by atoms with Gasteiger partial charge in [0.25, 0.3) is 5.89 Å². The van der Waals surface area contributed by atoms with Gasteiger partial charge in [-0.15, -0.1) is 0 Å². The normalized spacial score (nSPS) is 20.5. The lowest BCUT2D eigenvalue weighted by Crippen LogP contribution is -2.34. The topological polar surface area (TPSA) is 60.2 Å². The maximum atomic E-state index is 5.58. The molecule has 2 heterocycles. The van der Waals surface area contributed by atoms with Crippen molar-refractivity contribution in [2.24, 2.45) is 0 Å².